The van der Waals surface area contributed by atoms with E-state index in [4.69, 9.17) is 0 Å². The van der Waals surface area contributed by atoms with Crippen molar-refractivity contribution in [2.75, 3.05) is 18.5 Å². The van der Waals surface area contributed by atoms with Gasteiger partial charge in [-0.2, -0.15) is 0 Å². The molecular formula is C14H22N2O. The van der Waals surface area contributed by atoms with E-state index in [1.54, 1.807) is 12.3 Å². The van der Waals surface area contributed by atoms with Crippen LogP contribution in [0.2, 0.25) is 0 Å². The van der Waals surface area contributed by atoms with Crippen LogP contribution in [0.1, 0.15) is 44.6 Å². The van der Waals surface area contributed by atoms with Gasteiger partial charge in [-0.25, -0.2) is 0 Å². The van der Waals surface area contributed by atoms with Crippen molar-refractivity contribution >= 4 is 11.5 Å². The molecule has 0 atom stereocenters. The molecule has 0 bridgehead atoms. The van der Waals surface area contributed by atoms with Gasteiger partial charge in [0, 0.05) is 20.0 Å². The number of carbonyl (C=O) groups is 1. The molecule has 0 saturated heterocycles. The van der Waals surface area contributed by atoms with Crippen LogP contribution in [0.5, 0.6) is 0 Å². The number of carbonyl (C=O) groups excluding carboxylic acids is 1. The maximum absolute atomic E-state index is 11.4. The van der Waals surface area contributed by atoms with Gasteiger partial charge >= 0.3 is 0 Å². The lowest BCUT2D eigenvalue weighted by Crippen LogP contribution is -2.29. The van der Waals surface area contributed by atoms with E-state index in [2.05, 4.69) is 30.7 Å². The van der Waals surface area contributed by atoms with Crippen LogP contribution in [0.15, 0.2) is 18.3 Å². The lowest BCUT2D eigenvalue weighted by molar-refractivity contribution is 0.0983. The molecule has 0 unspecified atom stereocenters. The molecule has 1 aromatic heterocycles. The minimum absolute atomic E-state index is 0.0926. The Hall–Kier alpha value is -1.38. The lowest BCUT2D eigenvalue weighted by atomic mass is 9.96. The molecule has 0 spiro atoms. The van der Waals surface area contributed by atoms with Crippen LogP contribution in [0.4, 0.5) is 5.69 Å². The summed E-state index contributed by atoms with van der Waals surface area (Å²) in [5, 5.41) is 0. The standard InChI is InChI=1S/C14H22N2O/c1-6-13(17)12-8-7-11(9-15-12)16(5)10-14(2,3)4/h7-9H,6,10H2,1-5H3. The highest BCUT2D eigenvalue weighted by Crippen LogP contribution is 2.19. The Kier molecular flexibility index (Phi) is 4.27. The van der Waals surface area contributed by atoms with Crippen molar-refractivity contribution < 1.29 is 4.79 Å². The summed E-state index contributed by atoms with van der Waals surface area (Å²) in [6.07, 6.45) is 2.28. The molecule has 1 rings (SSSR count). The van der Waals surface area contributed by atoms with Gasteiger partial charge in [0.05, 0.1) is 11.9 Å². The molecule has 0 aliphatic heterocycles. The number of anilines is 1. The van der Waals surface area contributed by atoms with Crippen molar-refractivity contribution in [1.29, 1.82) is 0 Å². The second-order valence-corrected chi connectivity index (χ2v) is 5.60. The van der Waals surface area contributed by atoms with Gasteiger partial charge < -0.3 is 4.90 Å². The average molecular weight is 234 g/mol. The monoisotopic (exact) mass is 234 g/mol. The molecular weight excluding hydrogens is 212 g/mol. The molecule has 17 heavy (non-hydrogen) atoms. The summed E-state index contributed by atoms with van der Waals surface area (Å²) in [6, 6.07) is 3.77. The molecule has 0 saturated carbocycles. The molecule has 0 aromatic carbocycles. The summed E-state index contributed by atoms with van der Waals surface area (Å²) in [6.45, 7) is 9.41. The van der Waals surface area contributed by atoms with Crippen LogP contribution >= 0.6 is 0 Å². The van der Waals surface area contributed by atoms with Crippen molar-refractivity contribution in [2.24, 2.45) is 5.41 Å². The minimum atomic E-state index is 0.0926. The Bertz CT molecular complexity index is 376. The molecule has 0 fully saturated rings. The predicted octanol–water partition coefficient (Wildman–Crippen LogP) is 3.16. The summed E-state index contributed by atoms with van der Waals surface area (Å²) >= 11 is 0. The number of ketones is 1. The second kappa shape index (κ2) is 5.30. The van der Waals surface area contributed by atoms with Crippen molar-refractivity contribution in [3.8, 4) is 0 Å². The molecule has 1 aromatic rings. The van der Waals surface area contributed by atoms with Gasteiger partial charge in [-0.15, -0.1) is 0 Å². The quantitative estimate of drug-likeness (QED) is 0.750. The van der Waals surface area contributed by atoms with E-state index in [-0.39, 0.29) is 11.2 Å². The fraction of sp³-hybridized carbons (Fsp3) is 0.571. The maximum atomic E-state index is 11.4. The first kappa shape index (κ1) is 13.7. The Morgan fingerprint density at radius 2 is 2.00 bits per heavy atom. The van der Waals surface area contributed by atoms with Gasteiger partial charge in [0.2, 0.25) is 0 Å². The van der Waals surface area contributed by atoms with E-state index < -0.39 is 0 Å². The fourth-order valence-electron chi connectivity index (χ4n) is 1.76. The van der Waals surface area contributed by atoms with Crippen molar-refractivity contribution in [1.82, 2.24) is 4.98 Å². The van der Waals surface area contributed by atoms with Gasteiger partial charge in [-0.3, -0.25) is 9.78 Å². The Labute approximate surface area is 104 Å². The number of hydrogen-bond donors (Lipinski definition) is 0. The molecule has 0 N–H and O–H groups in total. The average Bonchev–Trinajstić information content (AvgIpc) is 2.26. The first-order valence-corrected chi connectivity index (χ1v) is 6.04. The van der Waals surface area contributed by atoms with Crippen LogP contribution in [-0.2, 0) is 0 Å². The number of Topliss-reactive ketones (excluding diaryl/α,β-unsaturated/α-hetero) is 1. The van der Waals surface area contributed by atoms with Gasteiger partial charge in [-0.05, 0) is 17.5 Å². The lowest BCUT2D eigenvalue weighted by Gasteiger charge is -2.28. The number of hydrogen-bond acceptors (Lipinski definition) is 3. The summed E-state index contributed by atoms with van der Waals surface area (Å²) < 4.78 is 0. The smallest absolute Gasteiger partial charge is 0.180 e. The van der Waals surface area contributed by atoms with Crippen molar-refractivity contribution in [3.05, 3.63) is 24.0 Å². The van der Waals surface area contributed by atoms with E-state index >= 15 is 0 Å². The van der Waals surface area contributed by atoms with E-state index in [1.165, 1.54) is 0 Å². The molecule has 0 radical (unpaired) electrons. The summed E-state index contributed by atoms with van der Waals surface area (Å²) in [4.78, 5) is 17.8. The highest BCUT2D eigenvalue weighted by molar-refractivity contribution is 5.94. The maximum Gasteiger partial charge on any atom is 0.180 e. The van der Waals surface area contributed by atoms with Crippen molar-refractivity contribution in [2.45, 2.75) is 34.1 Å². The molecule has 0 amide bonds. The van der Waals surface area contributed by atoms with Gasteiger partial charge in [-0.1, -0.05) is 27.7 Å². The van der Waals surface area contributed by atoms with E-state index in [1.807, 2.05) is 20.0 Å². The zero-order valence-corrected chi connectivity index (χ0v) is 11.4. The molecule has 3 nitrogen and oxygen atoms in total. The van der Waals surface area contributed by atoms with Crippen LogP contribution in [0, 0.1) is 5.41 Å². The number of nitrogens with zero attached hydrogens (tertiary/aromatic N) is 2. The zero-order chi connectivity index (χ0) is 13.1. The highest BCUT2D eigenvalue weighted by atomic mass is 16.1. The van der Waals surface area contributed by atoms with Gasteiger partial charge in [0.25, 0.3) is 0 Å². The minimum Gasteiger partial charge on any atom is -0.373 e. The van der Waals surface area contributed by atoms with Crippen LogP contribution in [0.25, 0.3) is 0 Å². The Morgan fingerprint density at radius 3 is 2.41 bits per heavy atom. The zero-order valence-electron chi connectivity index (χ0n) is 11.4. The third-order valence-electron chi connectivity index (χ3n) is 2.51. The van der Waals surface area contributed by atoms with Crippen LogP contribution in [-0.4, -0.2) is 24.4 Å². The third kappa shape index (κ3) is 4.17. The van der Waals surface area contributed by atoms with Crippen LogP contribution < -0.4 is 4.90 Å². The number of pyridine rings is 1. The second-order valence-electron chi connectivity index (χ2n) is 5.60. The fourth-order valence-corrected chi connectivity index (χ4v) is 1.76. The van der Waals surface area contributed by atoms with Gasteiger partial charge in [0.1, 0.15) is 5.69 Å². The first-order valence-electron chi connectivity index (χ1n) is 6.04. The van der Waals surface area contributed by atoms with Gasteiger partial charge in [0.15, 0.2) is 5.78 Å². The van der Waals surface area contributed by atoms with Crippen molar-refractivity contribution in [3.63, 3.8) is 0 Å². The highest BCUT2D eigenvalue weighted by Gasteiger charge is 2.14. The molecule has 94 valence electrons. The normalized spacial score (nSPS) is 11.4. The Morgan fingerprint density at radius 1 is 1.35 bits per heavy atom. The predicted molar refractivity (Wildman–Crippen MR) is 71.6 cm³/mol. The van der Waals surface area contributed by atoms with Crippen LogP contribution in [0.3, 0.4) is 0 Å². The third-order valence-corrected chi connectivity index (χ3v) is 2.51. The van der Waals surface area contributed by atoms with E-state index in [0.717, 1.165) is 12.2 Å². The first-order chi connectivity index (χ1) is 7.83. The SMILES string of the molecule is CCC(=O)c1ccc(N(C)CC(C)(C)C)cn1. The summed E-state index contributed by atoms with van der Waals surface area (Å²) in [5.74, 6) is 0.0926. The van der Waals surface area contributed by atoms with E-state index in [0.29, 0.717) is 12.1 Å². The molecule has 3 heteroatoms. The molecule has 1 heterocycles. The van der Waals surface area contributed by atoms with E-state index in [9.17, 15) is 4.79 Å². The summed E-state index contributed by atoms with van der Waals surface area (Å²) in [7, 11) is 2.05. The molecule has 0 aliphatic rings. The number of aromatic nitrogens is 1. The molecule has 0 aliphatic carbocycles. The number of rotatable bonds is 4. The Balaban J connectivity index is 2.77. The largest absolute Gasteiger partial charge is 0.373 e. The topological polar surface area (TPSA) is 33.2 Å². The summed E-state index contributed by atoms with van der Waals surface area (Å²) in [5.41, 5.74) is 1.85.